The second-order valence-electron chi connectivity index (χ2n) is 5.40. The highest BCUT2D eigenvalue weighted by Crippen LogP contribution is 2.21. The molecule has 4 aromatic rings. The van der Waals surface area contributed by atoms with Crippen LogP contribution in [0, 0.1) is 0 Å². The summed E-state index contributed by atoms with van der Waals surface area (Å²) in [5, 5.41) is 2.87. The number of rotatable bonds is 3. The molecular weight excluding hydrogens is 300 g/mol. The van der Waals surface area contributed by atoms with Gasteiger partial charge in [-0.15, -0.1) is 0 Å². The molecule has 0 saturated carbocycles. The Kier molecular flexibility index (Phi) is 3.51. The van der Waals surface area contributed by atoms with Crippen LogP contribution in [0.15, 0.2) is 73.2 Å². The molecule has 0 saturated heterocycles. The lowest BCUT2D eigenvalue weighted by molar-refractivity contribution is 0.102. The van der Waals surface area contributed by atoms with Gasteiger partial charge in [-0.3, -0.25) is 4.79 Å². The molecular formula is C19H14N4O. The summed E-state index contributed by atoms with van der Waals surface area (Å²) in [6, 6.07) is 19.3. The van der Waals surface area contributed by atoms with Crippen LogP contribution in [0.4, 0.5) is 5.69 Å². The molecule has 0 radical (unpaired) electrons. The van der Waals surface area contributed by atoms with E-state index in [1.54, 1.807) is 18.6 Å². The molecule has 0 aliphatic heterocycles. The van der Waals surface area contributed by atoms with E-state index in [4.69, 9.17) is 0 Å². The predicted molar refractivity (Wildman–Crippen MR) is 93.7 cm³/mol. The van der Waals surface area contributed by atoms with Crippen LogP contribution in [0.1, 0.15) is 10.4 Å². The van der Waals surface area contributed by atoms with Gasteiger partial charge in [0.1, 0.15) is 0 Å². The van der Waals surface area contributed by atoms with E-state index in [9.17, 15) is 4.79 Å². The molecule has 1 amide bonds. The molecule has 0 atom stereocenters. The fraction of sp³-hybridized carbons (Fsp3) is 0. The number of H-pyrrole nitrogens is 1. The van der Waals surface area contributed by atoms with Crippen molar-refractivity contribution in [3.63, 3.8) is 0 Å². The predicted octanol–water partition coefficient (Wildman–Crippen LogP) is 3.88. The Hall–Kier alpha value is -3.47. The molecule has 2 aromatic heterocycles. The largest absolute Gasteiger partial charge is 0.343 e. The maximum atomic E-state index is 12.5. The fourth-order valence-corrected chi connectivity index (χ4v) is 2.57. The molecule has 0 aliphatic carbocycles. The van der Waals surface area contributed by atoms with E-state index < -0.39 is 0 Å². The van der Waals surface area contributed by atoms with Gasteiger partial charge in [0.05, 0.1) is 23.7 Å². The Bertz CT molecular complexity index is 1010. The number of aromatic amines is 1. The van der Waals surface area contributed by atoms with E-state index in [1.165, 1.54) is 0 Å². The van der Waals surface area contributed by atoms with Gasteiger partial charge in [0.2, 0.25) is 0 Å². The number of benzene rings is 2. The molecule has 0 bridgehead atoms. The number of aromatic nitrogens is 3. The third-order valence-electron chi connectivity index (χ3n) is 3.76. The van der Waals surface area contributed by atoms with E-state index in [-0.39, 0.29) is 5.91 Å². The smallest absolute Gasteiger partial charge is 0.255 e. The minimum atomic E-state index is -0.173. The van der Waals surface area contributed by atoms with Crippen LogP contribution >= 0.6 is 0 Å². The topological polar surface area (TPSA) is 70.7 Å². The molecule has 0 fully saturated rings. The molecule has 116 valence electrons. The third kappa shape index (κ3) is 2.75. The maximum absolute atomic E-state index is 12.5. The number of nitrogens with one attached hydrogen (secondary N) is 2. The van der Waals surface area contributed by atoms with Gasteiger partial charge in [-0.2, -0.15) is 0 Å². The first-order valence-corrected chi connectivity index (χ1v) is 7.55. The number of amides is 1. The lowest BCUT2D eigenvalue weighted by Gasteiger charge is -2.07. The van der Waals surface area contributed by atoms with Gasteiger partial charge >= 0.3 is 0 Å². The van der Waals surface area contributed by atoms with Gasteiger partial charge in [-0.25, -0.2) is 9.97 Å². The van der Waals surface area contributed by atoms with Crippen molar-refractivity contribution in [3.05, 3.63) is 78.8 Å². The first kappa shape index (κ1) is 14.1. The van der Waals surface area contributed by atoms with Crippen LogP contribution in [0.3, 0.4) is 0 Å². The first-order chi connectivity index (χ1) is 11.8. The van der Waals surface area contributed by atoms with E-state index in [0.717, 1.165) is 16.6 Å². The van der Waals surface area contributed by atoms with E-state index in [1.807, 2.05) is 54.6 Å². The number of anilines is 1. The number of carbonyl (C=O) groups is 1. The molecule has 5 heteroatoms. The van der Waals surface area contributed by atoms with Crippen molar-refractivity contribution in [2.75, 3.05) is 5.32 Å². The van der Waals surface area contributed by atoms with E-state index in [0.29, 0.717) is 16.9 Å². The number of nitrogens with zero attached hydrogens (tertiary/aromatic N) is 2. The van der Waals surface area contributed by atoms with Crippen molar-refractivity contribution in [2.45, 2.75) is 0 Å². The van der Waals surface area contributed by atoms with Crippen molar-refractivity contribution in [2.24, 2.45) is 0 Å². The highest BCUT2D eigenvalue weighted by Gasteiger charge is 2.09. The Labute approximate surface area is 138 Å². The minimum Gasteiger partial charge on any atom is -0.343 e. The molecule has 2 aromatic carbocycles. The van der Waals surface area contributed by atoms with Gasteiger partial charge in [0.25, 0.3) is 5.91 Å². The standard InChI is InChI=1S/C19H14N4O/c24-19(23-16-10-17-18(20-11-16)22-12-21-17)15-8-4-7-14(9-15)13-5-2-1-3-6-13/h1-12H,(H,23,24)(H,20,21,22). The van der Waals surface area contributed by atoms with Gasteiger partial charge in [0, 0.05) is 5.56 Å². The Balaban J connectivity index is 1.60. The van der Waals surface area contributed by atoms with Gasteiger partial charge in [-0.1, -0.05) is 42.5 Å². The number of hydrogen-bond donors (Lipinski definition) is 2. The average Bonchev–Trinajstić information content (AvgIpc) is 3.10. The summed E-state index contributed by atoms with van der Waals surface area (Å²) in [5.74, 6) is -0.173. The molecule has 0 spiro atoms. The Morgan fingerprint density at radius 1 is 0.917 bits per heavy atom. The van der Waals surface area contributed by atoms with Crippen LogP contribution in [-0.2, 0) is 0 Å². The van der Waals surface area contributed by atoms with Crippen molar-refractivity contribution in [3.8, 4) is 11.1 Å². The number of pyridine rings is 1. The lowest BCUT2D eigenvalue weighted by atomic mass is 10.0. The summed E-state index contributed by atoms with van der Waals surface area (Å²) in [5.41, 5.74) is 4.71. The Morgan fingerprint density at radius 2 is 1.75 bits per heavy atom. The second-order valence-corrected chi connectivity index (χ2v) is 5.40. The highest BCUT2D eigenvalue weighted by molar-refractivity contribution is 6.05. The van der Waals surface area contributed by atoms with Crippen LogP contribution in [0.5, 0.6) is 0 Å². The summed E-state index contributed by atoms with van der Waals surface area (Å²) in [7, 11) is 0. The number of carbonyl (C=O) groups excluding carboxylic acids is 1. The van der Waals surface area contributed by atoms with Crippen molar-refractivity contribution in [1.29, 1.82) is 0 Å². The maximum Gasteiger partial charge on any atom is 0.255 e. The van der Waals surface area contributed by atoms with E-state index in [2.05, 4.69) is 20.3 Å². The lowest BCUT2D eigenvalue weighted by Crippen LogP contribution is -2.12. The summed E-state index contributed by atoms with van der Waals surface area (Å²) in [4.78, 5) is 23.7. The van der Waals surface area contributed by atoms with Gasteiger partial charge in [0.15, 0.2) is 5.65 Å². The number of fused-ring (bicyclic) bond motifs is 1. The highest BCUT2D eigenvalue weighted by atomic mass is 16.1. The third-order valence-corrected chi connectivity index (χ3v) is 3.76. The normalized spacial score (nSPS) is 10.7. The molecule has 24 heavy (non-hydrogen) atoms. The molecule has 0 unspecified atom stereocenters. The quantitative estimate of drug-likeness (QED) is 0.603. The molecule has 0 aliphatic rings. The van der Waals surface area contributed by atoms with Gasteiger partial charge in [-0.05, 0) is 29.3 Å². The number of hydrogen-bond acceptors (Lipinski definition) is 3. The van der Waals surface area contributed by atoms with Crippen LogP contribution < -0.4 is 5.32 Å². The van der Waals surface area contributed by atoms with Crippen molar-refractivity contribution < 1.29 is 4.79 Å². The zero-order valence-electron chi connectivity index (χ0n) is 12.7. The second kappa shape index (κ2) is 5.96. The first-order valence-electron chi connectivity index (χ1n) is 7.55. The van der Waals surface area contributed by atoms with Crippen LogP contribution in [-0.4, -0.2) is 20.9 Å². The molecule has 2 heterocycles. The zero-order valence-corrected chi connectivity index (χ0v) is 12.7. The molecule has 2 N–H and O–H groups in total. The van der Waals surface area contributed by atoms with E-state index >= 15 is 0 Å². The summed E-state index contributed by atoms with van der Waals surface area (Å²) >= 11 is 0. The van der Waals surface area contributed by atoms with Crippen LogP contribution in [0.2, 0.25) is 0 Å². The fourth-order valence-electron chi connectivity index (χ4n) is 2.57. The Morgan fingerprint density at radius 3 is 2.62 bits per heavy atom. The molecule has 5 nitrogen and oxygen atoms in total. The summed E-state index contributed by atoms with van der Waals surface area (Å²) in [6.45, 7) is 0. The van der Waals surface area contributed by atoms with Crippen molar-refractivity contribution in [1.82, 2.24) is 15.0 Å². The monoisotopic (exact) mass is 314 g/mol. The summed E-state index contributed by atoms with van der Waals surface area (Å²) < 4.78 is 0. The molecule has 4 rings (SSSR count). The SMILES string of the molecule is O=C(Nc1cnc2nc[nH]c2c1)c1cccc(-c2ccccc2)c1. The average molecular weight is 314 g/mol. The van der Waals surface area contributed by atoms with Gasteiger partial charge < -0.3 is 10.3 Å². The van der Waals surface area contributed by atoms with Crippen molar-refractivity contribution >= 4 is 22.8 Å². The van der Waals surface area contributed by atoms with Crippen LogP contribution in [0.25, 0.3) is 22.3 Å². The number of imidazole rings is 1. The zero-order chi connectivity index (χ0) is 16.4. The minimum absolute atomic E-state index is 0.173. The summed E-state index contributed by atoms with van der Waals surface area (Å²) in [6.07, 6.45) is 3.18.